The van der Waals surface area contributed by atoms with Gasteiger partial charge < -0.3 is 4.74 Å². The van der Waals surface area contributed by atoms with Gasteiger partial charge in [0.25, 0.3) is 0 Å². The number of benzene rings is 1. The van der Waals surface area contributed by atoms with Crippen LogP contribution in [0.1, 0.15) is 28.5 Å². The lowest BCUT2D eigenvalue weighted by Gasteiger charge is -2.16. The number of hydrogen-bond acceptors (Lipinski definition) is 3. The molecule has 25 heavy (non-hydrogen) atoms. The maximum Gasteiger partial charge on any atom is 0.417 e. The summed E-state index contributed by atoms with van der Waals surface area (Å²) >= 11 is 0. The predicted molar refractivity (Wildman–Crippen MR) is 75.6 cm³/mol. The molecule has 0 fully saturated rings. The van der Waals surface area contributed by atoms with Crippen molar-refractivity contribution in [3.8, 4) is 11.1 Å². The van der Waals surface area contributed by atoms with Gasteiger partial charge in [-0.2, -0.15) is 26.3 Å². The van der Waals surface area contributed by atoms with Gasteiger partial charge in [-0.15, -0.1) is 0 Å². The molecule has 0 radical (unpaired) electrons. The molecule has 1 aromatic carbocycles. The summed E-state index contributed by atoms with van der Waals surface area (Å²) in [4.78, 5) is 15.3. The Morgan fingerprint density at radius 2 is 1.68 bits per heavy atom. The molecule has 0 aliphatic heterocycles. The topological polar surface area (TPSA) is 39.2 Å². The fourth-order valence-corrected chi connectivity index (χ4v) is 2.15. The van der Waals surface area contributed by atoms with E-state index >= 15 is 0 Å². The number of alkyl halides is 6. The first-order valence-electron chi connectivity index (χ1n) is 6.96. The molecule has 2 aromatic rings. The van der Waals surface area contributed by atoms with E-state index in [0.29, 0.717) is 18.3 Å². The summed E-state index contributed by atoms with van der Waals surface area (Å²) in [5.74, 6) is -1.11. The first-order valence-corrected chi connectivity index (χ1v) is 6.96. The summed E-state index contributed by atoms with van der Waals surface area (Å²) in [5, 5.41) is 0. The van der Waals surface area contributed by atoms with E-state index in [9.17, 15) is 31.1 Å². The second-order valence-corrected chi connectivity index (χ2v) is 4.88. The first kappa shape index (κ1) is 18.8. The molecule has 134 valence electrons. The van der Waals surface area contributed by atoms with Crippen LogP contribution in [0.25, 0.3) is 11.1 Å². The average molecular weight is 363 g/mol. The number of esters is 1. The molecule has 9 heteroatoms. The van der Waals surface area contributed by atoms with Gasteiger partial charge in [-0.25, -0.2) is 9.78 Å². The van der Waals surface area contributed by atoms with Crippen LogP contribution in [0.15, 0.2) is 36.5 Å². The Labute approximate surface area is 138 Å². The summed E-state index contributed by atoms with van der Waals surface area (Å²) in [6, 6.07) is 4.47. The standard InChI is InChI=1S/C16H11F6NO2/c1-2-25-14(24)13-11(7-9(8-23-13)15(17,18)19)10-5-3-4-6-12(10)16(20,21)22/h3-8H,2H2,1H3. The van der Waals surface area contributed by atoms with E-state index in [0.717, 1.165) is 12.1 Å². The van der Waals surface area contributed by atoms with Crippen LogP contribution in [0, 0.1) is 0 Å². The number of ether oxygens (including phenoxy) is 1. The van der Waals surface area contributed by atoms with E-state index in [-0.39, 0.29) is 6.61 Å². The number of carbonyl (C=O) groups is 1. The van der Waals surface area contributed by atoms with Gasteiger partial charge in [-0.05, 0) is 24.6 Å². The van der Waals surface area contributed by atoms with Crippen LogP contribution in [-0.2, 0) is 17.1 Å². The lowest BCUT2D eigenvalue weighted by Crippen LogP contribution is -2.14. The van der Waals surface area contributed by atoms with E-state index in [1.54, 1.807) is 0 Å². The smallest absolute Gasteiger partial charge is 0.417 e. The van der Waals surface area contributed by atoms with Crippen molar-refractivity contribution >= 4 is 5.97 Å². The van der Waals surface area contributed by atoms with Crippen molar-refractivity contribution < 1.29 is 35.9 Å². The second kappa shape index (κ2) is 6.73. The minimum Gasteiger partial charge on any atom is -0.461 e. The van der Waals surface area contributed by atoms with Gasteiger partial charge in [0.15, 0.2) is 5.69 Å². The highest BCUT2D eigenvalue weighted by Gasteiger charge is 2.36. The summed E-state index contributed by atoms with van der Waals surface area (Å²) < 4.78 is 83.0. The van der Waals surface area contributed by atoms with Crippen LogP contribution in [0.2, 0.25) is 0 Å². The molecule has 0 saturated heterocycles. The Kier molecular flexibility index (Phi) is 5.05. The number of aromatic nitrogens is 1. The highest BCUT2D eigenvalue weighted by molar-refractivity contribution is 5.96. The van der Waals surface area contributed by atoms with Gasteiger partial charge in [0.2, 0.25) is 0 Å². The Morgan fingerprint density at radius 3 is 2.24 bits per heavy atom. The third kappa shape index (κ3) is 4.09. The third-order valence-electron chi connectivity index (χ3n) is 3.21. The normalized spacial score (nSPS) is 12.1. The van der Waals surface area contributed by atoms with Crippen LogP contribution in [0.3, 0.4) is 0 Å². The molecule has 0 aliphatic rings. The fourth-order valence-electron chi connectivity index (χ4n) is 2.15. The van der Waals surface area contributed by atoms with Crippen LogP contribution in [-0.4, -0.2) is 17.6 Å². The van der Waals surface area contributed by atoms with Crippen molar-refractivity contribution in [2.45, 2.75) is 19.3 Å². The van der Waals surface area contributed by atoms with Gasteiger partial charge in [-0.1, -0.05) is 18.2 Å². The summed E-state index contributed by atoms with van der Waals surface area (Å²) in [7, 11) is 0. The van der Waals surface area contributed by atoms with Gasteiger partial charge in [0, 0.05) is 11.8 Å². The third-order valence-corrected chi connectivity index (χ3v) is 3.21. The van der Waals surface area contributed by atoms with Gasteiger partial charge in [-0.3, -0.25) is 0 Å². The summed E-state index contributed by atoms with van der Waals surface area (Å²) in [6.45, 7) is 1.34. The highest BCUT2D eigenvalue weighted by Crippen LogP contribution is 2.39. The Hall–Kier alpha value is -2.58. The van der Waals surface area contributed by atoms with Crippen molar-refractivity contribution in [3.05, 3.63) is 53.3 Å². The molecule has 0 saturated carbocycles. The first-order chi connectivity index (χ1) is 11.6. The average Bonchev–Trinajstić information content (AvgIpc) is 2.53. The number of carbonyl (C=O) groups excluding carboxylic acids is 1. The molecule has 1 aromatic heterocycles. The SMILES string of the molecule is CCOC(=O)c1ncc(C(F)(F)F)cc1-c1ccccc1C(F)(F)F. The van der Waals surface area contributed by atoms with Gasteiger partial charge in [0.05, 0.1) is 17.7 Å². The van der Waals surface area contributed by atoms with E-state index < -0.39 is 46.3 Å². The number of halogens is 6. The molecule has 0 unspecified atom stereocenters. The molecule has 3 nitrogen and oxygen atoms in total. The van der Waals surface area contributed by atoms with Crippen LogP contribution in [0.5, 0.6) is 0 Å². The zero-order chi connectivity index (χ0) is 18.8. The number of rotatable bonds is 3. The molecular formula is C16H11F6NO2. The maximum atomic E-state index is 13.2. The molecule has 0 aliphatic carbocycles. The summed E-state index contributed by atoms with van der Waals surface area (Å²) in [5.41, 5.74) is -4.25. The van der Waals surface area contributed by atoms with E-state index in [4.69, 9.17) is 0 Å². The quantitative estimate of drug-likeness (QED) is 0.571. The molecule has 0 spiro atoms. The Bertz CT molecular complexity index is 783. The largest absolute Gasteiger partial charge is 0.461 e. The zero-order valence-corrected chi connectivity index (χ0v) is 12.7. The molecule has 1 heterocycles. The van der Waals surface area contributed by atoms with Crippen molar-refractivity contribution in [1.82, 2.24) is 4.98 Å². The second-order valence-electron chi connectivity index (χ2n) is 4.88. The lowest BCUT2D eigenvalue weighted by molar-refractivity contribution is -0.138. The van der Waals surface area contributed by atoms with Crippen molar-refractivity contribution in [3.63, 3.8) is 0 Å². The Morgan fingerprint density at radius 1 is 1.04 bits per heavy atom. The molecule has 0 bridgehead atoms. The maximum absolute atomic E-state index is 13.2. The lowest BCUT2D eigenvalue weighted by atomic mass is 9.96. The number of nitrogens with zero attached hydrogens (tertiary/aromatic N) is 1. The minimum absolute atomic E-state index is 0.109. The molecule has 0 amide bonds. The Balaban J connectivity index is 2.76. The van der Waals surface area contributed by atoms with Gasteiger partial charge >= 0.3 is 18.3 Å². The number of hydrogen-bond donors (Lipinski definition) is 0. The van der Waals surface area contributed by atoms with Crippen molar-refractivity contribution in [1.29, 1.82) is 0 Å². The van der Waals surface area contributed by atoms with E-state index in [1.807, 2.05) is 0 Å². The van der Waals surface area contributed by atoms with Gasteiger partial charge in [0.1, 0.15) is 0 Å². The minimum atomic E-state index is -4.83. The van der Waals surface area contributed by atoms with Crippen LogP contribution >= 0.6 is 0 Å². The van der Waals surface area contributed by atoms with Crippen LogP contribution in [0.4, 0.5) is 26.3 Å². The molecule has 0 atom stereocenters. The monoisotopic (exact) mass is 363 g/mol. The zero-order valence-electron chi connectivity index (χ0n) is 12.7. The van der Waals surface area contributed by atoms with Crippen molar-refractivity contribution in [2.75, 3.05) is 6.61 Å². The van der Waals surface area contributed by atoms with E-state index in [1.165, 1.54) is 13.0 Å². The van der Waals surface area contributed by atoms with Crippen molar-refractivity contribution in [2.24, 2.45) is 0 Å². The molecule has 2 rings (SSSR count). The van der Waals surface area contributed by atoms with E-state index in [2.05, 4.69) is 9.72 Å². The molecular weight excluding hydrogens is 352 g/mol. The predicted octanol–water partition coefficient (Wildman–Crippen LogP) is 4.96. The highest BCUT2D eigenvalue weighted by atomic mass is 19.4. The number of pyridine rings is 1. The molecule has 0 N–H and O–H groups in total. The summed E-state index contributed by atoms with van der Waals surface area (Å²) in [6.07, 6.45) is -9.27. The van der Waals surface area contributed by atoms with Crippen LogP contribution < -0.4 is 0 Å². The fraction of sp³-hybridized carbons (Fsp3) is 0.250.